The summed E-state index contributed by atoms with van der Waals surface area (Å²) >= 11 is 0. The SMILES string of the molecule is COc1ccc2c3c([nH]c2c1)[C@H](CO)N(Cc1ccc(F)cc1)CC31CCN(C(C)=O)CC1. The Kier molecular flexibility index (Phi) is 5.62. The van der Waals surface area contributed by atoms with Gasteiger partial charge in [0.05, 0.1) is 19.8 Å². The number of methoxy groups -OCH3 is 1. The second-order valence-electron chi connectivity index (χ2n) is 9.34. The molecule has 33 heavy (non-hydrogen) atoms. The number of amides is 1. The summed E-state index contributed by atoms with van der Waals surface area (Å²) in [7, 11) is 1.66. The third-order valence-electron chi connectivity index (χ3n) is 7.48. The zero-order valence-electron chi connectivity index (χ0n) is 19.1. The summed E-state index contributed by atoms with van der Waals surface area (Å²) in [6.45, 7) is 4.42. The molecule has 0 radical (unpaired) electrons. The van der Waals surface area contributed by atoms with Crippen LogP contribution in [0.15, 0.2) is 42.5 Å². The van der Waals surface area contributed by atoms with E-state index < -0.39 is 0 Å². The van der Waals surface area contributed by atoms with E-state index in [1.807, 2.05) is 17.0 Å². The molecule has 3 aromatic rings. The predicted octanol–water partition coefficient (Wildman–Crippen LogP) is 3.74. The minimum Gasteiger partial charge on any atom is -0.497 e. The summed E-state index contributed by atoms with van der Waals surface area (Å²) in [5.74, 6) is 0.641. The number of halogens is 1. The van der Waals surface area contributed by atoms with Gasteiger partial charge in [0.1, 0.15) is 11.6 Å². The summed E-state index contributed by atoms with van der Waals surface area (Å²) in [5.41, 5.74) is 4.16. The number of likely N-dealkylation sites (tertiary alicyclic amines) is 1. The molecule has 6 nitrogen and oxygen atoms in total. The van der Waals surface area contributed by atoms with Crippen molar-refractivity contribution in [3.8, 4) is 5.75 Å². The number of hydrogen-bond donors (Lipinski definition) is 2. The number of fused-ring (bicyclic) bond motifs is 4. The van der Waals surface area contributed by atoms with E-state index in [1.165, 1.54) is 17.7 Å². The molecule has 1 fully saturated rings. The molecule has 2 aliphatic heterocycles. The molecular formula is C26H30FN3O3. The van der Waals surface area contributed by atoms with Gasteiger partial charge in [0.25, 0.3) is 0 Å². The number of aliphatic hydroxyl groups excluding tert-OH is 1. The molecule has 0 aliphatic carbocycles. The first-order valence-corrected chi connectivity index (χ1v) is 11.5. The Morgan fingerprint density at radius 1 is 1.21 bits per heavy atom. The highest BCUT2D eigenvalue weighted by Gasteiger charge is 2.47. The number of H-pyrrole nitrogens is 1. The lowest BCUT2D eigenvalue weighted by Gasteiger charge is -2.50. The smallest absolute Gasteiger partial charge is 0.219 e. The number of hydrogen-bond acceptors (Lipinski definition) is 4. The molecule has 2 aromatic carbocycles. The van der Waals surface area contributed by atoms with Crippen LogP contribution in [-0.2, 0) is 16.8 Å². The molecule has 2 N–H and O–H groups in total. The van der Waals surface area contributed by atoms with Crippen molar-refractivity contribution in [3.63, 3.8) is 0 Å². The van der Waals surface area contributed by atoms with Crippen LogP contribution < -0.4 is 4.74 Å². The average Bonchev–Trinajstić information content (AvgIpc) is 3.20. The second kappa shape index (κ2) is 8.47. The van der Waals surface area contributed by atoms with Crippen LogP contribution in [0.25, 0.3) is 10.9 Å². The van der Waals surface area contributed by atoms with Crippen molar-refractivity contribution in [1.29, 1.82) is 0 Å². The topological polar surface area (TPSA) is 68.8 Å². The lowest BCUT2D eigenvalue weighted by Crippen LogP contribution is -2.54. The number of carbonyl (C=O) groups is 1. The van der Waals surface area contributed by atoms with Gasteiger partial charge in [-0.25, -0.2) is 4.39 Å². The predicted molar refractivity (Wildman–Crippen MR) is 125 cm³/mol. The number of rotatable bonds is 4. The number of aromatic amines is 1. The van der Waals surface area contributed by atoms with Gasteiger partial charge < -0.3 is 19.7 Å². The molecule has 3 heterocycles. The maximum Gasteiger partial charge on any atom is 0.219 e. The Balaban J connectivity index is 1.60. The Morgan fingerprint density at radius 2 is 1.94 bits per heavy atom. The maximum absolute atomic E-state index is 13.5. The summed E-state index contributed by atoms with van der Waals surface area (Å²) in [6.07, 6.45) is 1.72. The molecule has 1 amide bonds. The Bertz CT molecular complexity index is 1170. The van der Waals surface area contributed by atoms with Crippen molar-refractivity contribution in [1.82, 2.24) is 14.8 Å². The van der Waals surface area contributed by atoms with E-state index in [4.69, 9.17) is 4.74 Å². The van der Waals surface area contributed by atoms with Gasteiger partial charge in [0, 0.05) is 61.2 Å². The van der Waals surface area contributed by atoms with Crippen LogP contribution in [-0.4, -0.2) is 59.1 Å². The zero-order chi connectivity index (χ0) is 23.2. The molecule has 1 aromatic heterocycles. The number of nitrogens with one attached hydrogen (secondary N) is 1. The van der Waals surface area contributed by atoms with Crippen molar-refractivity contribution >= 4 is 16.8 Å². The molecule has 0 unspecified atom stereocenters. The van der Waals surface area contributed by atoms with E-state index >= 15 is 0 Å². The summed E-state index contributed by atoms with van der Waals surface area (Å²) in [6, 6.07) is 12.5. The van der Waals surface area contributed by atoms with Crippen LogP contribution in [0.3, 0.4) is 0 Å². The van der Waals surface area contributed by atoms with E-state index in [2.05, 4.69) is 16.0 Å². The first kappa shape index (κ1) is 21.9. The van der Waals surface area contributed by atoms with Gasteiger partial charge in [-0.05, 0) is 48.2 Å². The van der Waals surface area contributed by atoms with Crippen LogP contribution >= 0.6 is 0 Å². The van der Waals surface area contributed by atoms with Crippen LogP contribution in [0.2, 0.25) is 0 Å². The number of nitrogens with zero attached hydrogens (tertiary/aromatic N) is 2. The van der Waals surface area contributed by atoms with E-state index in [-0.39, 0.29) is 29.8 Å². The molecular weight excluding hydrogens is 421 g/mol. The first-order valence-electron chi connectivity index (χ1n) is 11.5. The fourth-order valence-corrected chi connectivity index (χ4v) is 5.76. The third-order valence-corrected chi connectivity index (χ3v) is 7.48. The molecule has 174 valence electrons. The highest BCUT2D eigenvalue weighted by molar-refractivity contribution is 5.88. The van der Waals surface area contributed by atoms with Gasteiger partial charge in [-0.2, -0.15) is 0 Å². The van der Waals surface area contributed by atoms with Crippen molar-refractivity contribution in [2.24, 2.45) is 0 Å². The van der Waals surface area contributed by atoms with Crippen LogP contribution in [0.4, 0.5) is 4.39 Å². The number of benzene rings is 2. The second-order valence-corrected chi connectivity index (χ2v) is 9.34. The van der Waals surface area contributed by atoms with Crippen molar-refractivity contribution < 1.29 is 19.0 Å². The van der Waals surface area contributed by atoms with Gasteiger partial charge in [-0.15, -0.1) is 0 Å². The summed E-state index contributed by atoms with van der Waals surface area (Å²) < 4.78 is 18.9. The van der Waals surface area contributed by atoms with Gasteiger partial charge in [-0.3, -0.25) is 9.69 Å². The Labute approximate surface area is 193 Å². The average molecular weight is 452 g/mol. The number of ether oxygens (including phenoxy) is 1. The van der Waals surface area contributed by atoms with Crippen molar-refractivity contribution in [2.75, 3.05) is 33.4 Å². The van der Waals surface area contributed by atoms with Crippen LogP contribution in [0.5, 0.6) is 5.75 Å². The largest absolute Gasteiger partial charge is 0.497 e. The number of aliphatic hydroxyl groups is 1. The third kappa shape index (κ3) is 3.79. The monoisotopic (exact) mass is 451 g/mol. The maximum atomic E-state index is 13.5. The molecule has 1 atom stereocenters. The quantitative estimate of drug-likeness (QED) is 0.634. The summed E-state index contributed by atoms with van der Waals surface area (Å²) in [4.78, 5) is 19.8. The van der Waals surface area contributed by atoms with Crippen molar-refractivity contribution in [2.45, 2.75) is 37.8 Å². The normalized spacial score (nSPS) is 20.2. The molecule has 0 saturated carbocycles. The Hall–Kier alpha value is -2.90. The lowest BCUT2D eigenvalue weighted by atomic mass is 9.68. The van der Waals surface area contributed by atoms with E-state index in [9.17, 15) is 14.3 Å². The van der Waals surface area contributed by atoms with Crippen LogP contribution in [0, 0.1) is 5.82 Å². The van der Waals surface area contributed by atoms with E-state index in [0.717, 1.165) is 47.3 Å². The standard InChI is InChI=1S/C26H30FN3O3/c1-17(32)29-11-9-26(10-12-29)16-30(14-18-3-5-19(27)6-4-18)23(15-31)25-24(26)21-8-7-20(33-2)13-22(21)28-25/h3-8,13,23,28,31H,9-12,14-16H2,1-2H3/t23-/m0/s1. The summed E-state index contributed by atoms with van der Waals surface area (Å²) in [5, 5.41) is 11.6. The van der Waals surface area contributed by atoms with Gasteiger partial charge in [0.15, 0.2) is 0 Å². The molecule has 0 bridgehead atoms. The van der Waals surface area contributed by atoms with Gasteiger partial charge >= 0.3 is 0 Å². The van der Waals surface area contributed by atoms with E-state index in [1.54, 1.807) is 26.2 Å². The van der Waals surface area contributed by atoms with Crippen LogP contribution in [0.1, 0.15) is 42.6 Å². The van der Waals surface area contributed by atoms with Gasteiger partial charge in [0.2, 0.25) is 5.91 Å². The lowest BCUT2D eigenvalue weighted by molar-refractivity contribution is -0.130. The number of aromatic nitrogens is 1. The van der Waals surface area contributed by atoms with E-state index in [0.29, 0.717) is 19.6 Å². The fourth-order valence-electron chi connectivity index (χ4n) is 5.76. The molecule has 5 rings (SSSR count). The number of carbonyl (C=O) groups excluding carboxylic acids is 1. The molecule has 1 spiro atoms. The minimum atomic E-state index is -0.254. The first-order chi connectivity index (χ1) is 15.9. The molecule has 7 heteroatoms. The highest BCUT2D eigenvalue weighted by Crippen LogP contribution is 2.49. The molecule has 1 saturated heterocycles. The minimum absolute atomic E-state index is 0.0200. The Morgan fingerprint density at radius 3 is 2.58 bits per heavy atom. The van der Waals surface area contributed by atoms with Gasteiger partial charge in [-0.1, -0.05) is 12.1 Å². The highest BCUT2D eigenvalue weighted by atomic mass is 19.1. The zero-order valence-corrected chi connectivity index (χ0v) is 19.1. The molecule has 2 aliphatic rings. The van der Waals surface area contributed by atoms with Crippen molar-refractivity contribution in [3.05, 3.63) is 65.1 Å². The fraction of sp³-hybridized carbons (Fsp3) is 0.423. The number of piperidine rings is 1.